The summed E-state index contributed by atoms with van der Waals surface area (Å²) in [5.41, 5.74) is 0.621. The minimum absolute atomic E-state index is 0.0902. The quantitative estimate of drug-likeness (QED) is 0.0662. The van der Waals surface area contributed by atoms with Gasteiger partial charge in [-0.15, -0.1) is 0 Å². The van der Waals surface area contributed by atoms with E-state index in [1.807, 2.05) is 20.8 Å². The van der Waals surface area contributed by atoms with Crippen molar-refractivity contribution in [3.8, 4) is 0 Å². The molecule has 6 aliphatic carbocycles. The third kappa shape index (κ3) is 10.4. The van der Waals surface area contributed by atoms with Crippen molar-refractivity contribution in [1.82, 2.24) is 10.2 Å². The number of carboxylic acid groups (broad SMARTS) is 1. The topological polar surface area (TPSA) is 176 Å². The average molecular weight is 991 g/mol. The molecular formula is C54H90N2O12S. The maximum absolute atomic E-state index is 13.7. The smallest absolute Gasteiger partial charge is 0.332 e. The molecule has 1 saturated heterocycles. The molecule has 69 heavy (non-hydrogen) atoms. The Morgan fingerprint density at radius 2 is 1.42 bits per heavy atom. The summed E-state index contributed by atoms with van der Waals surface area (Å²) in [5.74, 6) is -0.0231. The minimum atomic E-state index is -3.13. The number of carboxylic acids is 1. The number of nitrogens with one attached hydrogen (secondary N) is 1. The number of carbonyl (C=O) groups excluding carboxylic acids is 2. The lowest BCUT2D eigenvalue weighted by Gasteiger charge is -2.73. The molecule has 7 aliphatic rings. The van der Waals surface area contributed by atoms with Crippen molar-refractivity contribution >= 4 is 27.7 Å². The van der Waals surface area contributed by atoms with Crippen LogP contribution in [0.1, 0.15) is 133 Å². The van der Waals surface area contributed by atoms with E-state index in [0.717, 1.165) is 57.8 Å². The molecule has 394 valence electrons. The molecule has 0 bridgehead atoms. The highest BCUT2D eigenvalue weighted by Gasteiger charge is 2.71. The van der Waals surface area contributed by atoms with Crippen molar-refractivity contribution in [3.63, 3.8) is 0 Å². The summed E-state index contributed by atoms with van der Waals surface area (Å²) in [7, 11) is -1.50. The van der Waals surface area contributed by atoms with Crippen molar-refractivity contribution in [3.05, 3.63) is 12.2 Å². The van der Waals surface area contributed by atoms with E-state index in [2.05, 4.69) is 58.3 Å². The van der Waals surface area contributed by atoms with Gasteiger partial charge < -0.3 is 38.8 Å². The van der Waals surface area contributed by atoms with E-state index in [9.17, 15) is 27.9 Å². The molecule has 15 heteroatoms. The van der Waals surface area contributed by atoms with Gasteiger partial charge in [0.1, 0.15) is 18.8 Å². The molecule has 7 rings (SSSR count). The van der Waals surface area contributed by atoms with Crippen LogP contribution in [0, 0.1) is 68.5 Å². The Hall–Kier alpha value is -2.14. The highest BCUT2D eigenvalue weighted by Crippen LogP contribution is 2.76. The summed E-state index contributed by atoms with van der Waals surface area (Å²) in [5, 5.41) is 14.0. The number of esters is 2. The van der Waals surface area contributed by atoms with Crippen molar-refractivity contribution in [1.29, 1.82) is 0 Å². The zero-order valence-corrected chi connectivity index (χ0v) is 44.9. The molecule has 2 N–H and O–H groups in total. The lowest BCUT2D eigenvalue weighted by molar-refractivity contribution is -0.248. The van der Waals surface area contributed by atoms with Crippen LogP contribution in [-0.4, -0.2) is 145 Å². The van der Waals surface area contributed by atoms with Gasteiger partial charge in [-0.1, -0.05) is 60.6 Å². The second-order valence-electron chi connectivity index (χ2n) is 24.7. The first-order valence-electron chi connectivity index (χ1n) is 26.6. The number of hydrogen-bond acceptors (Lipinski definition) is 13. The van der Waals surface area contributed by atoms with Crippen LogP contribution in [0.2, 0.25) is 0 Å². The second-order valence-corrected chi connectivity index (χ2v) is 27.0. The maximum Gasteiger partial charge on any atom is 0.332 e. The maximum atomic E-state index is 13.7. The molecule has 0 aromatic rings. The van der Waals surface area contributed by atoms with Gasteiger partial charge >= 0.3 is 17.9 Å². The molecule has 0 aromatic heterocycles. The summed E-state index contributed by atoms with van der Waals surface area (Å²) in [6, 6.07) is -0.221. The van der Waals surface area contributed by atoms with Crippen molar-refractivity contribution in [2.75, 3.05) is 84.5 Å². The zero-order chi connectivity index (χ0) is 50.4. The van der Waals surface area contributed by atoms with Gasteiger partial charge in [0.05, 0.1) is 69.0 Å². The Bertz CT molecular complexity index is 1960. The molecular weight excluding hydrogens is 901 g/mol. The van der Waals surface area contributed by atoms with Crippen LogP contribution >= 0.6 is 0 Å². The Balaban J connectivity index is 1.03. The number of rotatable bonds is 21. The Morgan fingerprint density at radius 3 is 2.04 bits per heavy atom. The third-order valence-electron chi connectivity index (χ3n) is 20.9. The number of carbonyl (C=O) groups is 3. The van der Waals surface area contributed by atoms with Crippen LogP contribution in [-0.2, 0) is 52.6 Å². The van der Waals surface area contributed by atoms with Gasteiger partial charge in [0.15, 0.2) is 9.84 Å². The van der Waals surface area contributed by atoms with Gasteiger partial charge in [-0.3, -0.25) is 14.5 Å². The number of allylic oxidation sites excluding steroid dienone is 1. The third-order valence-corrected chi connectivity index (χ3v) is 22.5. The number of sulfone groups is 1. The molecule has 1 aliphatic heterocycles. The van der Waals surface area contributed by atoms with Gasteiger partial charge in [0, 0.05) is 37.7 Å². The van der Waals surface area contributed by atoms with Gasteiger partial charge in [0.2, 0.25) is 0 Å². The van der Waals surface area contributed by atoms with Crippen LogP contribution < -0.4 is 5.32 Å². The summed E-state index contributed by atoms with van der Waals surface area (Å²) in [6.45, 7) is 28.8. The fraction of sp³-hybridized carbons (Fsp3) is 0.907. The normalized spacial score (nSPS) is 39.6. The first kappa shape index (κ1) is 54.6. The lowest BCUT2D eigenvalue weighted by atomic mass is 9.32. The fourth-order valence-electron chi connectivity index (χ4n) is 16.6. The Labute approximate surface area is 414 Å². The largest absolute Gasteiger partial charge is 0.481 e. The number of aliphatic carboxylic acids is 1. The van der Waals surface area contributed by atoms with Crippen LogP contribution in [0.25, 0.3) is 0 Å². The van der Waals surface area contributed by atoms with Gasteiger partial charge in [0.25, 0.3) is 0 Å². The van der Waals surface area contributed by atoms with Crippen molar-refractivity contribution in [2.45, 2.75) is 157 Å². The zero-order valence-electron chi connectivity index (χ0n) is 44.0. The van der Waals surface area contributed by atoms with E-state index < -0.39 is 39.2 Å². The number of fused-ring (bicyclic) bond motifs is 7. The van der Waals surface area contributed by atoms with Crippen LogP contribution in [0.5, 0.6) is 0 Å². The summed E-state index contributed by atoms with van der Waals surface area (Å²) in [6.07, 6.45) is 10.4. The van der Waals surface area contributed by atoms with Crippen LogP contribution in [0.15, 0.2) is 12.2 Å². The van der Waals surface area contributed by atoms with Crippen LogP contribution in [0.4, 0.5) is 0 Å². The average Bonchev–Trinajstić information content (AvgIpc) is 3.66. The first-order valence-corrected chi connectivity index (χ1v) is 28.4. The van der Waals surface area contributed by atoms with Gasteiger partial charge in [-0.05, 0) is 136 Å². The molecule has 14 atom stereocenters. The SMILES string of the molecule is C=C(C)[C@@H]1CC[C@]2(NCC(C(C)OC(=O)COCCOCCOCCOC)N3CCS(=O)(=O)CC3)CC[C@]3(C)[C@H](CC[C@@H]4[C@@]5(C)CC[C@H](OC(=O)[C@H]6C[C@@H](C(=O)O)C6(C)C)C(C)(C)[C@@H]5CC[C@]43C)[C@@H]12. The standard InChI is InChI=1S/C54H90N2O12S/c1-35(2)37-14-19-54(55-33-41(56-22-30-69(61,62)31-23-56)36(3)67-45(57)34-66-29-28-65-27-26-64-25-24-63-11)21-20-52(9)38(46(37)54)12-13-43-51(8)17-16-44(50(6,7)42(51)15-18-53(43,52)10)68-48(60)40-32-39(47(58)59)49(40,4)5/h36-44,46,55H,1,12-34H2,2-11H3,(H,58,59)/t36?,37-,38+,39-,40+,41?,42-,43+,44-,46+,51-,52+,53+,54-/m0/s1. The molecule has 0 aromatic carbocycles. The van der Waals surface area contributed by atoms with Crippen molar-refractivity contribution in [2.24, 2.45) is 68.5 Å². The summed E-state index contributed by atoms with van der Waals surface area (Å²) < 4.78 is 59.4. The molecule has 0 spiro atoms. The predicted octanol–water partition coefficient (Wildman–Crippen LogP) is 7.37. The monoisotopic (exact) mass is 991 g/mol. The van der Waals surface area contributed by atoms with E-state index in [-0.39, 0.29) is 76.0 Å². The fourth-order valence-corrected chi connectivity index (χ4v) is 17.8. The van der Waals surface area contributed by atoms with E-state index in [0.29, 0.717) is 88.7 Å². The highest BCUT2D eigenvalue weighted by molar-refractivity contribution is 7.91. The first-order chi connectivity index (χ1) is 32.4. The molecule has 2 unspecified atom stereocenters. The molecule has 7 fully saturated rings. The second kappa shape index (κ2) is 21.0. The Morgan fingerprint density at radius 1 is 0.768 bits per heavy atom. The molecule has 0 radical (unpaired) electrons. The van der Waals surface area contributed by atoms with E-state index in [4.69, 9.17) is 28.4 Å². The molecule has 1 heterocycles. The number of hydrogen-bond donors (Lipinski definition) is 2. The summed E-state index contributed by atoms with van der Waals surface area (Å²) >= 11 is 0. The summed E-state index contributed by atoms with van der Waals surface area (Å²) in [4.78, 5) is 41.0. The lowest BCUT2D eigenvalue weighted by Crippen LogP contribution is -2.69. The van der Waals surface area contributed by atoms with Gasteiger partial charge in [-0.25, -0.2) is 13.2 Å². The Kier molecular flexibility index (Phi) is 16.6. The van der Waals surface area contributed by atoms with Gasteiger partial charge in [-0.2, -0.15) is 0 Å². The van der Waals surface area contributed by atoms with E-state index in [1.165, 1.54) is 12.0 Å². The predicted molar refractivity (Wildman–Crippen MR) is 264 cm³/mol. The number of methoxy groups -OCH3 is 1. The van der Waals surface area contributed by atoms with E-state index in [1.54, 1.807) is 7.11 Å². The van der Waals surface area contributed by atoms with Crippen LogP contribution in [0.3, 0.4) is 0 Å². The minimum Gasteiger partial charge on any atom is -0.481 e. The number of ether oxygens (including phenoxy) is 6. The number of nitrogens with zero attached hydrogens (tertiary/aromatic N) is 1. The molecule has 6 saturated carbocycles. The molecule has 0 amide bonds. The van der Waals surface area contributed by atoms with Crippen molar-refractivity contribution < 1.29 is 56.3 Å². The molecule has 14 nitrogen and oxygen atoms in total. The van der Waals surface area contributed by atoms with E-state index >= 15 is 0 Å². The highest BCUT2D eigenvalue weighted by atomic mass is 32.2.